The SMILES string of the molecule is CCNC(=NCc1cccc(Cl)c1)NCCOc1cccnc1.I. The number of nitrogens with zero attached hydrogens (tertiary/aromatic N) is 2. The monoisotopic (exact) mass is 460 g/mol. The highest BCUT2D eigenvalue weighted by Gasteiger charge is 1.99. The zero-order valence-corrected chi connectivity index (χ0v) is 16.6. The van der Waals surface area contributed by atoms with Gasteiger partial charge in [0.2, 0.25) is 0 Å². The summed E-state index contributed by atoms with van der Waals surface area (Å²) in [4.78, 5) is 8.54. The van der Waals surface area contributed by atoms with Crippen molar-refractivity contribution >= 4 is 41.5 Å². The molecule has 0 atom stereocenters. The number of benzene rings is 1. The zero-order valence-electron chi connectivity index (χ0n) is 13.5. The standard InChI is InChI=1S/C17H21ClN4O.HI/c1-2-20-17(22-12-14-5-3-6-15(18)11-14)21-9-10-23-16-7-4-8-19-13-16;/h3-8,11,13H,2,9-10,12H2,1H3,(H2,20,21,22);1H. The maximum Gasteiger partial charge on any atom is 0.191 e. The largest absolute Gasteiger partial charge is 0.490 e. The van der Waals surface area contributed by atoms with Crippen LogP contribution in [0.1, 0.15) is 12.5 Å². The Bertz CT molecular complexity index is 625. The number of guanidine groups is 1. The summed E-state index contributed by atoms with van der Waals surface area (Å²) < 4.78 is 5.59. The lowest BCUT2D eigenvalue weighted by atomic mass is 10.2. The molecule has 0 unspecified atom stereocenters. The molecule has 0 radical (unpaired) electrons. The maximum absolute atomic E-state index is 5.98. The molecule has 1 aromatic carbocycles. The molecule has 1 aromatic heterocycles. The van der Waals surface area contributed by atoms with E-state index in [1.165, 1.54) is 0 Å². The van der Waals surface area contributed by atoms with Crippen LogP contribution in [-0.2, 0) is 6.54 Å². The topological polar surface area (TPSA) is 58.5 Å². The van der Waals surface area contributed by atoms with Crippen LogP contribution >= 0.6 is 35.6 Å². The predicted molar refractivity (Wildman–Crippen MR) is 109 cm³/mol. The van der Waals surface area contributed by atoms with Gasteiger partial charge in [-0.15, -0.1) is 24.0 Å². The summed E-state index contributed by atoms with van der Waals surface area (Å²) in [6.45, 7) is 4.58. The fraction of sp³-hybridized carbons (Fsp3) is 0.294. The van der Waals surface area contributed by atoms with Crippen LogP contribution in [0.25, 0.3) is 0 Å². The van der Waals surface area contributed by atoms with Crippen molar-refractivity contribution < 1.29 is 4.74 Å². The normalized spacial score (nSPS) is 10.7. The minimum Gasteiger partial charge on any atom is -0.490 e. The van der Waals surface area contributed by atoms with E-state index in [2.05, 4.69) is 20.6 Å². The van der Waals surface area contributed by atoms with E-state index >= 15 is 0 Å². The first kappa shape index (κ1) is 20.5. The van der Waals surface area contributed by atoms with Gasteiger partial charge >= 0.3 is 0 Å². The molecule has 0 aliphatic heterocycles. The first-order valence-corrected chi connectivity index (χ1v) is 7.95. The van der Waals surface area contributed by atoms with Crippen molar-refractivity contribution in [1.82, 2.24) is 15.6 Å². The number of halogens is 2. The van der Waals surface area contributed by atoms with Gasteiger partial charge in [-0.1, -0.05) is 23.7 Å². The fourth-order valence-electron chi connectivity index (χ4n) is 1.92. The second-order valence-electron chi connectivity index (χ2n) is 4.79. The van der Waals surface area contributed by atoms with E-state index in [9.17, 15) is 0 Å². The first-order chi connectivity index (χ1) is 11.3. The fourth-order valence-corrected chi connectivity index (χ4v) is 2.13. The Morgan fingerprint density at radius 3 is 2.83 bits per heavy atom. The molecule has 2 rings (SSSR count). The van der Waals surface area contributed by atoms with Gasteiger partial charge in [-0.2, -0.15) is 0 Å². The summed E-state index contributed by atoms with van der Waals surface area (Å²) in [5, 5.41) is 7.16. The molecule has 2 aromatic rings. The van der Waals surface area contributed by atoms with Crippen LogP contribution in [0.4, 0.5) is 0 Å². The van der Waals surface area contributed by atoms with Gasteiger partial charge < -0.3 is 15.4 Å². The summed E-state index contributed by atoms with van der Waals surface area (Å²) >= 11 is 5.98. The molecule has 0 saturated heterocycles. The molecular weight excluding hydrogens is 439 g/mol. The van der Waals surface area contributed by atoms with E-state index in [0.717, 1.165) is 28.8 Å². The highest BCUT2D eigenvalue weighted by atomic mass is 127. The molecule has 0 amide bonds. The molecule has 7 heteroatoms. The van der Waals surface area contributed by atoms with Crippen LogP contribution in [0.2, 0.25) is 5.02 Å². The van der Waals surface area contributed by atoms with Gasteiger partial charge in [0, 0.05) is 17.8 Å². The van der Waals surface area contributed by atoms with Gasteiger partial charge in [0.05, 0.1) is 19.3 Å². The maximum atomic E-state index is 5.98. The second kappa shape index (κ2) is 11.9. The third-order valence-electron chi connectivity index (χ3n) is 2.95. The summed E-state index contributed by atoms with van der Waals surface area (Å²) in [6, 6.07) is 11.4. The van der Waals surface area contributed by atoms with Crippen molar-refractivity contribution in [2.75, 3.05) is 19.7 Å². The van der Waals surface area contributed by atoms with E-state index in [4.69, 9.17) is 16.3 Å². The molecule has 5 nitrogen and oxygen atoms in total. The molecule has 0 fully saturated rings. The van der Waals surface area contributed by atoms with E-state index in [1.54, 1.807) is 12.4 Å². The first-order valence-electron chi connectivity index (χ1n) is 7.57. The van der Waals surface area contributed by atoms with Gasteiger partial charge in [-0.05, 0) is 36.8 Å². The summed E-state index contributed by atoms with van der Waals surface area (Å²) in [6.07, 6.45) is 3.41. The van der Waals surface area contributed by atoms with Crippen LogP contribution in [0, 0.1) is 0 Å². The molecule has 1 heterocycles. The van der Waals surface area contributed by atoms with Crippen molar-refractivity contribution in [1.29, 1.82) is 0 Å². The number of hydrogen-bond donors (Lipinski definition) is 2. The van der Waals surface area contributed by atoms with Crippen LogP contribution in [0.3, 0.4) is 0 Å². The smallest absolute Gasteiger partial charge is 0.191 e. The quantitative estimate of drug-likeness (QED) is 0.287. The lowest BCUT2D eigenvalue weighted by Gasteiger charge is -2.12. The van der Waals surface area contributed by atoms with Crippen molar-refractivity contribution in [3.63, 3.8) is 0 Å². The van der Waals surface area contributed by atoms with E-state index < -0.39 is 0 Å². The number of ether oxygens (including phenoxy) is 1. The summed E-state index contributed by atoms with van der Waals surface area (Å²) in [7, 11) is 0. The van der Waals surface area contributed by atoms with Gasteiger partial charge in [0.15, 0.2) is 5.96 Å². The van der Waals surface area contributed by atoms with E-state index in [1.807, 2.05) is 43.3 Å². The third kappa shape index (κ3) is 7.83. The average Bonchev–Trinajstić information content (AvgIpc) is 2.57. The Morgan fingerprint density at radius 1 is 1.25 bits per heavy atom. The Labute approximate surface area is 164 Å². The molecule has 2 N–H and O–H groups in total. The van der Waals surface area contributed by atoms with Crippen molar-refractivity contribution in [2.24, 2.45) is 4.99 Å². The molecular formula is C17H22ClIN4O. The van der Waals surface area contributed by atoms with Gasteiger partial charge in [0.1, 0.15) is 12.4 Å². The van der Waals surface area contributed by atoms with Crippen LogP contribution in [0.5, 0.6) is 5.75 Å². The van der Waals surface area contributed by atoms with Crippen molar-refractivity contribution in [3.8, 4) is 5.75 Å². The molecule has 0 spiro atoms. The summed E-state index contributed by atoms with van der Waals surface area (Å²) in [5.74, 6) is 1.51. The molecule has 130 valence electrons. The Morgan fingerprint density at radius 2 is 2.12 bits per heavy atom. The molecule has 0 aliphatic carbocycles. The Kier molecular flexibility index (Phi) is 10.2. The van der Waals surface area contributed by atoms with E-state index in [0.29, 0.717) is 19.7 Å². The molecule has 0 saturated carbocycles. The minimum absolute atomic E-state index is 0. The number of aliphatic imine (C=N–C) groups is 1. The third-order valence-corrected chi connectivity index (χ3v) is 3.19. The van der Waals surface area contributed by atoms with Crippen molar-refractivity contribution in [2.45, 2.75) is 13.5 Å². The van der Waals surface area contributed by atoms with Crippen LogP contribution < -0.4 is 15.4 Å². The number of rotatable bonds is 7. The van der Waals surface area contributed by atoms with Crippen LogP contribution in [-0.4, -0.2) is 30.6 Å². The average molecular weight is 461 g/mol. The zero-order chi connectivity index (χ0) is 16.3. The highest BCUT2D eigenvalue weighted by molar-refractivity contribution is 14.0. The minimum atomic E-state index is 0. The van der Waals surface area contributed by atoms with Crippen LogP contribution in [0.15, 0.2) is 53.8 Å². The second-order valence-corrected chi connectivity index (χ2v) is 5.23. The lowest BCUT2D eigenvalue weighted by Crippen LogP contribution is -2.39. The van der Waals surface area contributed by atoms with Gasteiger partial charge in [-0.25, -0.2) is 4.99 Å². The number of nitrogens with one attached hydrogen (secondary N) is 2. The Balaban J connectivity index is 0.00000288. The summed E-state index contributed by atoms with van der Waals surface area (Å²) in [5.41, 5.74) is 1.07. The highest BCUT2D eigenvalue weighted by Crippen LogP contribution is 2.11. The van der Waals surface area contributed by atoms with Crippen molar-refractivity contribution in [3.05, 3.63) is 59.4 Å². The molecule has 24 heavy (non-hydrogen) atoms. The lowest BCUT2D eigenvalue weighted by molar-refractivity contribution is 0.320. The predicted octanol–water partition coefficient (Wildman–Crippen LogP) is 3.49. The molecule has 0 aliphatic rings. The molecule has 0 bridgehead atoms. The number of hydrogen-bond acceptors (Lipinski definition) is 3. The van der Waals surface area contributed by atoms with Gasteiger partial charge in [0.25, 0.3) is 0 Å². The number of aromatic nitrogens is 1. The van der Waals surface area contributed by atoms with E-state index in [-0.39, 0.29) is 24.0 Å². The Hall–Kier alpha value is -1.54. The van der Waals surface area contributed by atoms with Gasteiger partial charge in [-0.3, -0.25) is 4.98 Å². The number of pyridine rings is 1.